The lowest BCUT2D eigenvalue weighted by molar-refractivity contribution is -0.267. The summed E-state index contributed by atoms with van der Waals surface area (Å²) < 4.78 is 0. The maximum Gasteiger partial charge on any atom is 0.395 e. The molecule has 0 saturated heterocycles. The molecule has 0 bridgehead atoms. The summed E-state index contributed by atoms with van der Waals surface area (Å²) in [5.74, 6) is -0.326. The first kappa shape index (κ1) is 5.51. The molecular weight excluding hydrogens is 118 g/mol. The van der Waals surface area contributed by atoms with Crippen LogP contribution in [0.3, 0.4) is 0 Å². The molecule has 44 valence electrons. The molecule has 4 nitrogen and oxygen atoms in total. The monoisotopic (exact) mass is 121 g/mol. The quantitative estimate of drug-likeness (QED) is 0.473. The van der Waals surface area contributed by atoms with E-state index in [-0.39, 0.29) is 11.4 Å². The number of pyridine rings is 1. The highest BCUT2D eigenvalue weighted by molar-refractivity contribution is 5.52. The highest BCUT2D eigenvalue weighted by Gasteiger charge is 2.01. The summed E-state index contributed by atoms with van der Waals surface area (Å²) in [5, 5.41) is 18.7. The molecule has 1 rings (SSSR count). The molecule has 0 radical (unpaired) electrons. The van der Waals surface area contributed by atoms with E-state index in [4.69, 9.17) is 5.39 Å². The topological polar surface area (TPSA) is 64.1 Å². The Morgan fingerprint density at radius 3 is 2.89 bits per heavy atom. The van der Waals surface area contributed by atoms with E-state index in [0.717, 1.165) is 0 Å². The van der Waals surface area contributed by atoms with Gasteiger partial charge in [0.25, 0.3) is 0 Å². The molecule has 0 unspecified atom stereocenters. The van der Waals surface area contributed by atoms with E-state index < -0.39 is 0 Å². The van der Waals surface area contributed by atoms with Crippen LogP contribution in [0.5, 0.6) is 5.75 Å². The Hall–Kier alpha value is -1.63. The second-order valence-corrected chi connectivity index (χ2v) is 1.44. The number of nitrogens with zero attached hydrogens (tertiary/aromatic N) is 3. The highest BCUT2D eigenvalue weighted by atomic mass is 16.3. The van der Waals surface area contributed by atoms with E-state index >= 15 is 0 Å². The normalized spacial score (nSPS) is 8.33. The Morgan fingerprint density at radius 2 is 2.44 bits per heavy atom. The Labute approximate surface area is 51.4 Å². The van der Waals surface area contributed by atoms with Crippen LogP contribution in [-0.4, -0.2) is 4.98 Å². The van der Waals surface area contributed by atoms with Crippen molar-refractivity contribution < 1.29 is 5.11 Å². The van der Waals surface area contributed by atoms with Gasteiger partial charge in [0.05, 0.1) is 0 Å². The zero-order valence-corrected chi connectivity index (χ0v) is 4.48. The van der Waals surface area contributed by atoms with Crippen molar-refractivity contribution in [3.8, 4) is 5.75 Å². The van der Waals surface area contributed by atoms with Crippen LogP contribution < -0.4 is 5.11 Å². The van der Waals surface area contributed by atoms with Gasteiger partial charge in [-0.2, -0.15) is 0 Å². The van der Waals surface area contributed by atoms with Crippen LogP contribution in [0.15, 0.2) is 18.5 Å². The van der Waals surface area contributed by atoms with Crippen molar-refractivity contribution >= 4 is 5.69 Å². The Kier molecular flexibility index (Phi) is 1.28. The van der Waals surface area contributed by atoms with Crippen LogP contribution in [0, 0.1) is 5.39 Å². The third-order valence-electron chi connectivity index (χ3n) is 0.869. The summed E-state index contributed by atoms with van der Waals surface area (Å²) in [5.41, 5.74) is -0.0301. The van der Waals surface area contributed by atoms with Gasteiger partial charge in [-0.1, -0.05) is 0 Å². The highest BCUT2D eigenvalue weighted by Crippen LogP contribution is 2.19. The average Bonchev–Trinajstić information content (AvgIpc) is 1.89. The van der Waals surface area contributed by atoms with E-state index in [1.54, 1.807) is 0 Å². The average molecular weight is 121 g/mol. The van der Waals surface area contributed by atoms with Crippen molar-refractivity contribution in [3.63, 3.8) is 0 Å². The molecule has 0 N–H and O–H groups in total. The molecule has 0 spiro atoms. The molecule has 0 saturated carbocycles. The minimum atomic E-state index is -0.326. The first-order valence-electron chi connectivity index (χ1n) is 2.30. The fourth-order valence-corrected chi connectivity index (χ4v) is 0.448. The molecule has 0 aromatic carbocycles. The molecule has 0 atom stereocenters. The van der Waals surface area contributed by atoms with Crippen molar-refractivity contribution in [2.24, 2.45) is 0 Å². The second-order valence-electron chi connectivity index (χ2n) is 1.44. The minimum Gasteiger partial charge on any atom is -0.867 e. The largest absolute Gasteiger partial charge is 0.867 e. The Morgan fingerprint density at radius 1 is 1.67 bits per heavy atom. The van der Waals surface area contributed by atoms with E-state index in [1.165, 1.54) is 18.5 Å². The molecule has 0 fully saturated rings. The van der Waals surface area contributed by atoms with E-state index in [9.17, 15) is 5.11 Å². The number of aromatic nitrogens is 1. The van der Waals surface area contributed by atoms with Gasteiger partial charge in [-0.25, -0.2) is 0 Å². The Balaban J connectivity index is 3.20. The van der Waals surface area contributed by atoms with Gasteiger partial charge < -0.3 is 5.11 Å². The van der Waals surface area contributed by atoms with Crippen molar-refractivity contribution in [2.45, 2.75) is 0 Å². The van der Waals surface area contributed by atoms with Gasteiger partial charge >= 0.3 is 5.69 Å². The van der Waals surface area contributed by atoms with Gasteiger partial charge in [0.15, 0.2) is 4.98 Å². The number of rotatable bonds is 0. The Bertz CT molecular complexity index is 253. The lowest BCUT2D eigenvalue weighted by Crippen LogP contribution is -1.88. The summed E-state index contributed by atoms with van der Waals surface area (Å²) in [4.78, 5) is 6.26. The summed E-state index contributed by atoms with van der Waals surface area (Å²) in [7, 11) is 0. The maximum absolute atomic E-state index is 10.6. The molecular formula is C5H3N3O. The fourth-order valence-electron chi connectivity index (χ4n) is 0.448. The summed E-state index contributed by atoms with van der Waals surface area (Å²) >= 11 is 0. The van der Waals surface area contributed by atoms with Gasteiger partial charge in [-0.3, -0.25) is 4.98 Å². The van der Waals surface area contributed by atoms with Crippen LogP contribution in [0.4, 0.5) is 5.69 Å². The van der Waals surface area contributed by atoms with Gasteiger partial charge in [0.1, 0.15) is 6.20 Å². The fraction of sp³-hybridized carbons (Fsp3) is 0. The lowest BCUT2D eigenvalue weighted by Gasteiger charge is -1.94. The maximum atomic E-state index is 10.6. The van der Waals surface area contributed by atoms with E-state index in [0.29, 0.717) is 0 Å². The molecule has 0 aliphatic rings. The first-order chi connectivity index (χ1) is 4.34. The zero-order valence-electron chi connectivity index (χ0n) is 4.48. The smallest absolute Gasteiger partial charge is 0.395 e. The van der Waals surface area contributed by atoms with Gasteiger partial charge in [0.2, 0.25) is 5.39 Å². The first-order valence-corrected chi connectivity index (χ1v) is 2.30. The third-order valence-corrected chi connectivity index (χ3v) is 0.869. The number of hydrogen-bond acceptors (Lipinski definition) is 3. The molecule has 9 heavy (non-hydrogen) atoms. The molecule has 4 heteroatoms. The number of diazo groups is 1. The zero-order chi connectivity index (χ0) is 6.69. The van der Waals surface area contributed by atoms with Crippen LogP contribution in [-0.2, 0) is 0 Å². The molecule has 0 aliphatic carbocycles. The standard InChI is InChI=1S/C5H3N3O/c6-8-4-3-7-2-1-5(4)9/h1-3H. The van der Waals surface area contributed by atoms with Crippen molar-refractivity contribution in [3.05, 3.63) is 23.4 Å². The van der Waals surface area contributed by atoms with Crippen molar-refractivity contribution in [2.75, 3.05) is 0 Å². The third kappa shape index (κ3) is 0.941. The molecule has 1 aromatic rings. The van der Waals surface area contributed by atoms with Crippen molar-refractivity contribution in [1.29, 1.82) is 5.39 Å². The summed E-state index contributed by atoms with van der Waals surface area (Å²) in [6.07, 6.45) is 2.54. The van der Waals surface area contributed by atoms with Gasteiger partial charge in [-0.15, -0.1) is 0 Å². The van der Waals surface area contributed by atoms with Gasteiger partial charge in [0, 0.05) is 6.20 Å². The molecule has 1 aromatic heterocycles. The van der Waals surface area contributed by atoms with Crippen LogP contribution in [0.2, 0.25) is 0 Å². The van der Waals surface area contributed by atoms with Crippen LogP contribution in [0.1, 0.15) is 0 Å². The van der Waals surface area contributed by atoms with Crippen LogP contribution in [0.25, 0.3) is 4.98 Å². The predicted molar refractivity (Wildman–Crippen MR) is 28.4 cm³/mol. The lowest BCUT2D eigenvalue weighted by atomic mass is 10.4. The van der Waals surface area contributed by atoms with E-state index in [1.807, 2.05) is 0 Å². The molecule has 1 heterocycles. The van der Waals surface area contributed by atoms with Crippen LogP contribution >= 0.6 is 0 Å². The minimum absolute atomic E-state index is 0.0301. The summed E-state index contributed by atoms with van der Waals surface area (Å²) in [6.45, 7) is 0. The number of hydrogen-bond donors (Lipinski definition) is 0. The van der Waals surface area contributed by atoms with Gasteiger partial charge in [-0.05, 0) is 11.8 Å². The second kappa shape index (κ2) is 2.09. The van der Waals surface area contributed by atoms with E-state index in [2.05, 4.69) is 9.96 Å². The predicted octanol–water partition coefficient (Wildman–Crippen LogP) is 0.640. The molecule has 0 aliphatic heterocycles. The van der Waals surface area contributed by atoms with Crippen molar-refractivity contribution in [1.82, 2.24) is 4.98 Å². The summed E-state index contributed by atoms with van der Waals surface area (Å²) in [6, 6.07) is 1.23. The molecule has 0 amide bonds. The SMILES string of the molecule is N#[N+]c1cnccc1[O-].